The summed E-state index contributed by atoms with van der Waals surface area (Å²) in [5.41, 5.74) is 5.85. The molecule has 2 N–H and O–H groups in total. The van der Waals surface area contributed by atoms with Crippen LogP contribution in [0.4, 0.5) is 0 Å². The van der Waals surface area contributed by atoms with E-state index in [-0.39, 0.29) is 0 Å². The largest absolute Gasteiger partial charge is 0.381 e. The summed E-state index contributed by atoms with van der Waals surface area (Å²) >= 11 is 1.82. The van der Waals surface area contributed by atoms with Gasteiger partial charge in [0.15, 0.2) is 0 Å². The van der Waals surface area contributed by atoms with Gasteiger partial charge in [-0.15, -0.1) is 11.3 Å². The fourth-order valence-electron chi connectivity index (χ4n) is 2.33. The Morgan fingerprint density at radius 2 is 2.50 bits per heavy atom. The molecule has 0 amide bonds. The SMILES string of the molecule is COC1CCN(Cc2cccs2)C(CN)C1. The summed E-state index contributed by atoms with van der Waals surface area (Å²) in [5.74, 6) is 0. The molecular formula is C12H20N2OS. The summed E-state index contributed by atoms with van der Waals surface area (Å²) in [6.45, 7) is 2.86. The lowest BCUT2D eigenvalue weighted by atomic mass is 9.99. The quantitative estimate of drug-likeness (QED) is 0.870. The average Bonchev–Trinajstić information content (AvgIpc) is 2.82. The molecule has 0 saturated carbocycles. The fraction of sp³-hybridized carbons (Fsp3) is 0.667. The number of thiophene rings is 1. The van der Waals surface area contributed by atoms with Gasteiger partial charge in [0, 0.05) is 37.7 Å². The normalized spacial score (nSPS) is 27.1. The zero-order valence-corrected chi connectivity index (χ0v) is 10.6. The Morgan fingerprint density at radius 1 is 1.62 bits per heavy atom. The van der Waals surface area contributed by atoms with E-state index >= 15 is 0 Å². The van der Waals surface area contributed by atoms with Crippen LogP contribution >= 0.6 is 11.3 Å². The Kier molecular flexibility index (Phi) is 4.35. The van der Waals surface area contributed by atoms with Crippen LogP contribution in [-0.4, -0.2) is 37.2 Å². The van der Waals surface area contributed by atoms with Crippen molar-refractivity contribution in [2.24, 2.45) is 5.73 Å². The molecule has 0 spiro atoms. The van der Waals surface area contributed by atoms with Gasteiger partial charge >= 0.3 is 0 Å². The summed E-state index contributed by atoms with van der Waals surface area (Å²) in [6.07, 6.45) is 2.59. The molecule has 4 heteroatoms. The minimum atomic E-state index is 0.396. The maximum atomic E-state index is 5.85. The molecule has 1 aromatic rings. The van der Waals surface area contributed by atoms with Gasteiger partial charge in [-0.25, -0.2) is 0 Å². The number of nitrogens with two attached hydrogens (primary N) is 1. The Balaban J connectivity index is 1.93. The van der Waals surface area contributed by atoms with Crippen LogP contribution in [-0.2, 0) is 11.3 Å². The molecular weight excluding hydrogens is 220 g/mol. The second-order valence-corrected chi connectivity index (χ2v) is 5.35. The lowest BCUT2D eigenvalue weighted by Crippen LogP contribution is -2.47. The van der Waals surface area contributed by atoms with E-state index in [0.29, 0.717) is 12.1 Å². The Labute approximate surface area is 101 Å². The minimum absolute atomic E-state index is 0.396. The van der Waals surface area contributed by atoms with Crippen molar-refractivity contribution < 1.29 is 4.74 Å². The van der Waals surface area contributed by atoms with E-state index < -0.39 is 0 Å². The summed E-state index contributed by atoms with van der Waals surface area (Å²) in [4.78, 5) is 3.91. The van der Waals surface area contributed by atoms with Crippen molar-refractivity contribution in [3.63, 3.8) is 0 Å². The van der Waals surface area contributed by atoms with Crippen LogP contribution in [0.15, 0.2) is 17.5 Å². The van der Waals surface area contributed by atoms with E-state index in [2.05, 4.69) is 22.4 Å². The van der Waals surface area contributed by atoms with Gasteiger partial charge in [0.2, 0.25) is 0 Å². The minimum Gasteiger partial charge on any atom is -0.381 e. The number of piperidine rings is 1. The molecule has 0 bridgehead atoms. The van der Waals surface area contributed by atoms with Gasteiger partial charge < -0.3 is 10.5 Å². The number of nitrogens with zero attached hydrogens (tertiary/aromatic N) is 1. The topological polar surface area (TPSA) is 38.5 Å². The van der Waals surface area contributed by atoms with Gasteiger partial charge in [-0.3, -0.25) is 4.90 Å². The third-order valence-electron chi connectivity index (χ3n) is 3.33. The lowest BCUT2D eigenvalue weighted by Gasteiger charge is -2.38. The van der Waals surface area contributed by atoms with E-state index in [1.165, 1.54) is 4.88 Å². The Morgan fingerprint density at radius 3 is 3.12 bits per heavy atom. The first kappa shape index (κ1) is 12.0. The van der Waals surface area contributed by atoms with Crippen LogP contribution in [0, 0.1) is 0 Å². The van der Waals surface area contributed by atoms with E-state index in [4.69, 9.17) is 10.5 Å². The van der Waals surface area contributed by atoms with Crippen LogP contribution in [0.1, 0.15) is 17.7 Å². The zero-order valence-electron chi connectivity index (χ0n) is 9.76. The molecule has 2 heterocycles. The van der Waals surface area contributed by atoms with Crippen molar-refractivity contribution in [3.05, 3.63) is 22.4 Å². The summed E-state index contributed by atoms with van der Waals surface area (Å²) in [7, 11) is 1.80. The molecule has 1 aliphatic rings. The van der Waals surface area contributed by atoms with Crippen LogP contribution in [0.25, 0.3) is 0 Å². The first-order valence-corrected chi connectivity index (χ1v) is 6.70. The molecule has 1 fully saturated rings. The van der Waals surface area contributed by atoms with E-state index in [1.54, 1.807) is 7.11 Å². The van der Waals surface area contributed by atoms with Crippen LogP contribution in [0.2, 0.25) is 0 Å². The highest BCUT2D eigenvalue weighted by Gasteiger charge is 2.27. The first-order valence-electron chi connectivity index (χ1n) is 5.82. The molecule has 1 saturated heterocycles. The van der Waals surface area contributed by atoms with Crippen LogP contribution < -0.4 is 5.73 Å². The first-order chi connectivity index (χ1) is 7.83. The van der Waals surface area contributed by atoms with E-state index in [9.17, 15) is 0 Å². The maximum absolute atomic E-state index is 5.85. The molecule has 90 valence electrons. The second kappa shape index (κ2) is 5.77. The molecule has 2 rings (SSSR count). The van der Waals surface area contributed by atoms with Crippen molar-refractivity contribution in [3.8, 4) is 0 Å². The summed E-state index contributed by atoms with van der Waals surface area (Å²) in [5, 5.41) is 2.13. The second-order valence-electron chi connectivity index (χ2n) is 4.32. The van der Waals surface area contributed by atoms with Gasteiger partial charge in [0.1, 0.15) is 0 Å². The maximum Gasteiger partial charge on any atom is 0.0599 e. The molecule has 0 radical (unpaired) electrons. The molecule has 0 aliphatic carbocycles. The molecule has 0 aromatic carbocycles. The summed E-state index contributed by atoms with van der Waals surface area (Å²) < 4.78 is 5.43. The van der Waals surface area contributed by atoms with Gasteiger partial charge in [-0.1, -0.05) is 6.07 Å². The van der Waals surface area contributed by atoms with Gasteiger partial charge in [0.05, 0.1) is 6.10 Å². The molecule has 3 nitrogen and oxygen atoms in total. The third-order valence-corrected chi connectivity index (χ3v) is 4.20. The molecule has 1 aromatic heterocycles. The molecule has 2 atom stereocenters. The van der Waals surface area contributed by atoms with Crippen LogP contribution in [0.3, 0.4) is 0 Å². The van der Waals surface area contributed by atoms with E-state index in [0.717, 1.165) is 32.5 Å². The predicted octanol–water partition coefficient (Wildman–Crippen LogP) is 1.69. The number of hydrogen-bond acceptors (Lipinski definition) is 4. The molecule has 1 aliphatic heterocycles. The fourth-order valence-corrected chi connectivity index (χ4v) is 3.06. The van der Waals surface area contributed by atoms with Crippen molar-refractivity contribution in [1.29, 1.82) is 0 Å². The average molecular weight is 240 g/mol. The molecule has 16 heavy (non-hydrogen) atoms. The highest BCUT2D eigenvalue weighted by atomic mass is 32.1. The third kappa shape index (κ3) is 2.83. The number of likely N-dealkylation sites (tertiary alicyclic amines) is 1. The Bertz CT molecular complexity index is 302. The highest BCUT2D eigenvalue weighted by molar-refractivity contribution is 7.09. The predicted molar refractivity (Wildman–Crippen MR) is 67.6 cm³/mol. The van der Waals surface area contributed by atoms with Gasteiger partial charge in [-0.2, -0.15) is 0 Å². The van der Waals surface area contributed by atoms with Crippen molar-refractivity contribution in [2.45, 2.75) is 31.5 Å². The Hall–Kier alpha value is -0.420. The van der Waals surface area contributed by atoms with Crippen LogP contribution in [0.5, 0.6) is 0 Å². The zero-order chi connectivity index (χ0) is 11.4. The number of ether oxygens (including phenoxy) is 1. The van der Waals surface area contributed by atoms with Gasteiger partial charge in [-0.05, 0) is 24.3 Å². The smallest absolute Gasteiger partial charge is 0.0599 e. The summed E-state index contributed by atoms with van der Waals surface area (Å²) in [6, 6.07) is 4.78. The highest BCUT2D eigenvalue weighted by Crippen LogP contribution is 2.22. The van der Waals surface area contributed by atoms with E-state index in [1.807, 2.05) is 11.3 Å². The number of methoxy groups -OCH3 is 1. The number of rotatable bonds is 4. The number of hydrogen-bond donors (Lipinski definition) is 1. The van der Waals surface area contributed by atoms with Crippen molar-refractivity contribution in [2.75, 3.05) is 20.2 Å². The van der Waals surface area contributed by atoms with Crippen molar-refractivity contribution >= 4 is 11.3 Å². The van der Waals surface area contributed by atoms with Crippen molar-refractivity contribution in [1.82, 2.24) is 4.90 Å². The van der Waals surface area contributed by atoms with Gasteiger partial charge in [0.25, 0.3) is 0 Å². The molecule has 2 unspecified atom stereocenters. The lowest BCUT2D eigenvalue weighted by molar-refractivity contribution is 0.0106. The monoisotopic (exact) mass is 240 g/mol. The standard InChI is InChI=1S/C12H20N2OS/c1-15-11-4-5-14(10(7-11)8-13)9-12-3-2-6-16-12/h2-3,6,10-11H,4-5,7-9,13H2,1H3.